The van der Waals surface area contributed by atoms with Crippen LogP contribution < -0.4 is 0 Å². The number of hydrogen-bond donors (Lipinski definition) is 1. The first kappa shape index (κ1) is 21.5. The van der Waals surface area contributed by atoms with E-state index in [1.165, 1.54) is 44.9 Å². The molecule has 1 saturated carbocycles. The van der Waals surface area contributed by atoms with Gasteiger partial charge < -0.3 is 0 Å². The summed E-state index contributed by atoms with van der Waals surface area (Å²) in [6.07, 6.45) is 14.4. The fourth-order valence-corrected chi connectivity index (χ4v) is 25.1. The Hall–Kier alpha value is 0.499. The van der Waals surface area contributed by atoms with Crippen LogP contribution >= 0.6 is 0 Å². The first-order valence-electron chi connectivity index (χ1n) is 10.2. The minimum absolute atomic E-state index is 0.441. The molecule has 1 rings (SSSR count). The van der Waals surface area contributed by atoms with Gasteiger partial charge in [-0.05, 0) is 0 Å². The summed E-state index contributed by atoms with van der Waals surface area (Å²) in [5.41, 5.74) is -0.441. The van der Waals surface area contributed by atoms with E-state index in [1.54, 1.807) is 13.3 Å². The van der Waals surface area contributed by atoms with Crippen LogP contribution in [0.2, 0.25) is 16.7 Å². The average Bonchev–Trinajstić information content (AvgIpc) is 2.84. The SMILES string of the molecule is C=CC[C@]1(O)CC[C](C)([Sn]([CH2]CCC)([CH2]CCC)[CH2]CCC)C1. The predicted octanol–water partition coefficient (Wildman–Crippen LogP) is 7.09. The van der Waals surface area contributed by atoms with Crippen molar-refractivity contribution in [3.8, 4) is 0 Å². The Kier molecular flexibility index (Phi) is 9.22. The van der Waals surface area contributed by atoms with Crippen LogP contribution in [-0.2, 0) is 0 Å². The maximum atomic E-state index is 11.0. The van der Waals surface area contributed by atoms with Gasteiger partial charge in [0.15, 0.2) is 0 Å². The second-order valence-corrected chi connectivity index (χ2v) is 23.6. The Morgan fingerprint density at radius 3 is 1.83 bits per heavy atom. The third-order valence-corrected chi connectivity index (χ3v) is 26.4. The summed E-state index contributed by atoms with van der Waals surface area (Å²) in [4.78, 5) is 0. The molecule has 0 aromatic rings. The molecule has 0 heterocycles. The van der Waals surface area contributed by atoms with Crippen LogP contribution in [0.25, 0.3) is 0 Å². The quantitative estimate of drug-likeness (QED) is 0.260. The van der Waals surface area contributed by atoms with Crippen molar-refractivity contribution >= 4 is 18.4 Å². The average molecular weight is 429 g/mol. The van der Waals surface area contributed by atoms with Crippen LogP contribution in [0.3, 0.4) is 0 Å². The van der Waals surface area contributed by atoms with Crippen molar-refractivity contribution in [3.05, 3.63) is 12.7 Å². The third-order valence-electron chi connectivity index (χ3n) is 6.69. The third kappa shape index (κ3) is 5.49. The van der Waals surface area contributed by atoms with E-state index >= 15 is 0 Å². The molecule has 23 heavy (non-hydrogen) atoms. The Bertz CT molecular complexity index is 332. The van der Waals surface area contributed by atoms with Crippen LogP contribution in [0.15, 0.2) is 12.7 Å². The summed E-state index contributed by atoms with van der Waals surface area (Å²) < 4.78 is 5.19. The summed E-state index contributed by atoms with van der Waals surface area (Å²) in [5, 5.41) is 11.0. The molecule has 2 heteroatoms. The molecule has 0 amide bonds. The van der Waals surface area contributed by atoms with Gasteiger partial charge in [-0.3, -0.25) is 0 Å². The first-order valence-corrected chi connectivity index (χ1v) is 17.7. The monoisotopic (exact) mass is 430 g/mol. The number of aliphatic hydroxyl groups is 1. The van der Waals surface area contributed by atoms with Gasteiger partial charge in [-0.25, -0.2) is 0 Å². The van der Waals surface area contributed by atoms with E-state index < -0.39 is 24.0 Å². The van der Waals surface area contributed by atoms with Crippen molar-refractivity contribution in [2.24, 2.45) is 0 Å². The summed E-state index contributed by atoms with van der Waals surface area (Å²) in [5.74, 6) is 0. The van der Waals surface area contributed by atoms with Crippen molar-refractivity contribution in [3.63, 3.8) is 0 Å². The van der Waals surface area contributed by atoms with Crippen molar-refractivity contribution in [2.75, 3.05) is 0 Å². The molecule has 1 nitrogen and oxygen atoms in total. The van der Waals surface area contributed by atoms with Gasteiger partial charge in [-0.15, -0.1) is 0 Å². The molecule has 1 aliphatic carbocycles. The van der Waals surface area contributed by atoms with Crippen molar-refractivity contribution in [1.29, 1.82) is 0 Å². The van der Waals surface area contributed by atoms with E-state index in [1.807, 2.05) is 6.08 Å². The van der Waals surface area contributed by atoms with Crippen molar-refractivity contribution in [1.82, 2.24) is 0 Å². The zero-order valence-corrected chi connectivity index (χ0v) is 19.3. The molecule has 0 aliphatic heterocycles. The molecule has 0 spiro atoms. The van der Waals surface area contributed by atoms with Crippen molar-refractivity contribution in [2.45, 2.75) is 114 Å². The first-order chi connectivity index (χ1) is 10.9. The van der Waals surface area contributed by atoms with Gasteiger partial charge in [-0.2, -0.15) is 0 Å². The summed E-state index contributed by atoms with van der Waals surface area (Å²) in [6, 6.07) is 0. The van der Waals surface area contributed by atoms with E-state index in [-0.39, 0.29) is 0 Å². The molecule has 1 fully saturated rings. The Labute approximate surface area is 150 Å². The Morgan fingerprint density at radius 2 is 1.43 bits per heavy atom. The van der Waals surface area contributed by atoms with Crippen molar-refractivity contribution < 1.29 is 5.11 Å². The maximum absolute atomic E-state index is 11.0. The zero-order valence-electron chi connectivity index (χ0n) is 16.4. The molecule has 0 aromatic heterocycles. The summed E-state index contributed by atoms with van der Waals surface area (Å²) in [7, 11) is 0. The molecular formula is C21H42OSn. The van der Waals surface area contributed by atoms with Crippen LogP contribution in [0.1, 0.15) is 91.9 Å². The van der Waals surface area contributed by atoms with Crippen LogP contribution in [0.4, 0.5) is 0 Å². The molecule has 1 N–H and O–H groups in total. The molecule has 0 aromatic carbocycles. The molecule has 0 bridgehead atoms. The van der Waals surface area contributed by atoms with Gasteiger partial charge in [0.25, 0.3) is 0 Å². The predicted molar refractivity (Wildman–Crippen MR) is 107 cm³/mol. The molecule has 1 aliphatic rings. The van der Waals surface area contributed by atoms with E-state index in [0.29, 0.717) is 3.43 Å². The van der Waals surface area contributed by atoms with Gasteiger partial charge in [0, 0.05) is 0 Å². The van der Waals surface area contributed by atoms with Gasteiger partial charge in [0.1, 0.15) is 0 Å². The fourth-order valence-electron chi connectivity index (χ4n) is 5.13. The zero-order chi connectivity index (χ0) is 17.4. The van der Waals surface area contributed by atoms with E-state index in [2.05, 4.69) is 34.3 Å². The molecular weight excluding hydrogens is 387 g/mol. The van der Waals surface area contributed by atoms with Gasteiger partial charge in [0.05, 0.1) is 0 Å². The number of unbranched alkanes of at least 4 members (excludes halogenated alkanes) is 3. The van der Waals surface area contributed by atoms with Gasteiger partial charge in [-0.1, -0.05) is 0 Å². The number of hydrogen-bond acceptors (Lipinski definition) is 1. The molecule has 1 unspecified atom stereocenters. The van der Waals surface area contributed by atoms with Gasteiger partial charge >= 0.3 is 150 Å². The van der Waals surface area contributed by atoms with Crippen LogP contribution in [-0.4, -0.2) is 29.1 Å². The van der Waals surface area contributed by atoms with Crippen LogP contribution in [0, 0.1) is 0 Å². The minimum atomic E-state index is -2.28. The summed E-state index contributed by atoms with van der Waals surface area (Å²) in [6.45, 7) is 13.5. The van der Waals surface area contributed by atoms with Crippen LogP contribution in [0.5, 0.6) is 0 Å². The standard InChI is InChI=1S/C9H15O.3C4H9.Sn/c1-3-5-9(10)6-4-8(2)7-9;3*1-3-4-2;/h3,10H,1,4-7H2,2H3;3*1,3-4H2,2H3;/t9-;;;;/m0..../s1. The van der Waals surface area contributed by atoms with E-state index in [4.69, 9.17) is 0 Å². The number of rotatable bonds is 12. The molecule has 136 valence electrons. The second-order valence-electron chi connectivity index (χ2n) is 8.55. The topological polar surface area (TPSA) is 20.2 Å². The second kappa shape index (κ2) is 9.85. The Balaban J connectivity index is 3.05. The van der Waals surface area contributed by atoms with Gasteiger partial charge in [0.2, 0.25) is 0 Å². The summed E-state index contributed by atoms with van der Waals surface area (Å²) >= 11 is -2.28. The molecule has 0 saturated heterocycles. The van der Waals surface area contributed by atoms with E-state index in [9.17, 15) is 5.11 Å². The fraction of sp³-hybridized carbons (Fsp3) is 0.905. The molecule has 2 atom stereocenters. The Morgan fingerprint density at radius 1 is 0.957 bits per heavy atom. The molecule has 0 radical (unpaired) electrons. The normalized spacial score (nSPS) is 28.2. The van der Waals surface area contributed by atoms with E-state index in [0.717, 1.165) is 19.3 Å².